The van der Waals surface area contributed by atoms with E-state index in [1.165, 1.54) is 31.4 Å². The highest BCUT2D eigenvalue weighted by atomic mass is 32.2. The van der Waals surface area contributed by atoms with E-state index in [4.69, 9.17) is 9.47 Å². The molecule has 1 aliphatic heterocycles. The van der Waals surface area contributed by atoms with Crippen LogP contribution in [0.3, 0.4) is 0 Å². The smallest absolute Gasteiger partial charge is 0.337 e. The number of sulfonamides is 1. The fourth-order valence-corrected chi connectivity index (χ4v) is 4.40. The Labute approximate surface area is 164 Å². The van der Waals surface area contributed by atoms with Crippen molar-refractivity contribution in [1.29, 1.82) is 0 Å². The van der Waals surface area contributed by atoms with Gasteiger partial charge in [0.1, 0.15) is 13.2 Å². The van der Waals surface area contributed by atoms with E-state index in [0.29, 0.717) is 24.7 Å². The van der Waals surface area contributed by atoms with Crippen LogP contribution in [0.4, 0.5) is 0 Å². The summed E-state index contributed by atoms with van der Waals surface area (Å²) >= 11 is 0. The zero-order valence-corrected chi connectivity index (χ0v) is 16.8. The van der Waals surface area contributed by atoms with Crippen LogP contribution in [-0.4, -0.2) is 34.7 Å². The van der Waals surface area contributed by atoms with E-state index in [2.05, 4.69) is 9.46 Å². The molecule has 28 heavy (non-hydrogen) atoms. The van der Waals surface area contributed by atoms with Gasteiger partial charge in [0.2, 0.25) is 10.0 Å². The first kappa shape index (κ1) is 20.2. The van der Waals surface area contributed by atoms with Crippen molar-refractivity contribution in [2.75, 3.05) is 20.3 Å². The molecular weight excluding hydrogens is 382 g/mol. The largest absolute Gasteiger partial charge is 0.486 e. The lowest BCUT2D eigenvalue weighted by atomic mass is 9.97. The van der Waals surface area contributed by atoms with Gasteiger partial charge in [0.25, 0.3) is 0 Å². The molecule has 8 heteroatoms. The zero-order valence-electron chi connectivity index (χ0n) is 16.0. The Balaban J connectivity index is 1.91. The summed E-state index contributed by atoms with van der Waals surface area (Å²) < 4.78 is 44.4. The van der Waals surface area contributed by atoms with Gasteiger partial charge in [0, 0.05) is 6.04 Å². The first-order valence-corrected chi connectivity index (χ1v) is 10.4. The van der Waals surface area contributed by atoms with Gasteiger partial charge in [-0.15, -0.1) is 0 Å². The molecule has 0 radical (unpaired) electrons. The number of fused-ring (bicyclic) bond motifs is 1. The van der Waals surface area contributed by atoms with Crippen molar-refractivity contribution < 1.29 is 27.4 Å². The number of hydrogen-bond acceptors (Lipinski definition) is 6. The van der Waals surface area contributed by atoms with Crippen LogP contribution in [0.5, 0.6) is 11.5 Å². The predicted octanol–water partition coefficient (Wildman–Crippen LogP) is 2.92. The minimum Gasteiger partial charge on any atom is -0.486 e. The number of benzene rings is 2. The molecule has 0 bridgehead atoms. The van der Waals surface area contributed by atoms with Crippen molar-refractivity contribution in [2.24, 2.45) is 5.92 Å². The Morgan fingerprint density at radius 3 is 2.46 bits per heavy atom. The number of methoxy groups -OCH3 is 1. The molecule has 0 aromatic heterocycles. The summed E-state index contributed by atoms with van der Waals surface area (Å²) in [6.45, 7) is 4.79. The van der Waals surface area contributed by atoms with Gasteiger partial charge in [0.15, 0.2) is 11.5 Å². The molecule has 0 saturated carbocycles. The molecule has 1 N–H and O–H groups in total. The van der Waals surface area contributed by atoms with Crippen LogP contribution < -0.4 is 14.2 Å². The van der Waals surface area contributed by atoms with Gasteiger partial charge >= 0.3 is 5.97 Å². The first-order valence-electron chi connectivity index (χ1n) is 8.92. The van der Waals surface area contributed by atoms with Crippen LogP contribution in [0.1, 0.15) is 35.8 Å². The van der Waals surface area contributed by atoms with Crippen LogP contribution in [-0.2, 0) is 14.8 Å². The van der Waals surface area contributed by atoms with Crippen LogP contribution in [0.25, 0.3) is 0 Å². The van der Waals surface area contributed by atoms with Gasteiger partial charge in [-0.1, -0.05) is 26.0 Å². The number of esters is 1. The highest BCUT2D eigenvalue weighted by Crippen LogP contribution is 2.35. The maximum Gasteiger partial charge on any atom is 0.337 e. The highest BCUT2D eigenvalue weighted by Gasteiger charge is 2.26. The Bertz CT molecular complexity index is 970. The Hall–Kier alpha value is -2.58. The van der Waals surface area contributed by atoms with Gasteiger partial charge in [-0.3, -0.25) is 0 Å². The lowest BCUT2D eigenvalue weighted by Crippen LogP contribution is -2.32. The fraction of sp³-hybridized carbons (Fsp3) is 0.350. The summed E-state index contributed by atoms with van der Waals surface area (Å²) in [5.41, 5.74) is 0.942. The summed E-state index contributed by atoms with van der Waals surface area (Å²) in [7, 11) is -2.62. The van der Waals surface area contributed by atoms with Crippen LogP contribution >= 0.6 is 0 Å². The molecule has 2 aromatic carbocycles. The standard InChI is InChI=1S/C20H23NO6S/c1-13(2)19(14-7-8-17-18(12-14)27-10-9-26-17)21-28(23,24)16-6-4-5-15(11-16)20(22)25-3/h4-8,11-13,19,21H,9-10H2,1-3H3/t19-/m1/s1. The molecule has 7 nitrogen and oxygen atoms in total. The lowest BCUT2D eigenvalue weighted by Gasteiger charge is -2.25. The maximum atomic E-state index is 13.0. The van der Waals surface area contributed by atoms with Crippen LogP contribution in [0.2, 0.25) is 0 Å². The van der Waals surface area contributed by atoms with E-state index >= 15 is 0 Å². The van der Waals surface area contributed by atoms with Crippen molar-refractivity contribution >= 4 is 16.0 Å². The minimum absolute atomic E-state index is 0.00130. The van der Waals surface area contributed by atoms with E-state index in [1.54, 1.807) is 12.1 Å². The monoisotopic (exact) mass is 405 g/mol. The third kappa shape index (κ3) is 4.28. The van der Waals surface area contributed by atoms with Gasteiger partial charge in [-0.2, -0.15) is 0 Å². The van der Waals surface area contributed by atoms with Gasteiger partial charge in [-0.05, 0) is 41.8 Å². The molecule has 0 unspecified atom stereocenters. The van der Waals surface area contributed by atoms with Crippen molar-refractivity contribution in [2.45, 2.75) is 24.8 Å². The van der Waals surface area contributed by atoms with E-state index in [1.807, 2.05) is 19.9 Å². The molecule has 150 valence electrons. The molecule has 0 amide bonds. The van der Waals surface area contributed by atoms with Crippen molar-refractivity contribution in [3.63, 3.8) is 0 Å². The summed E-state index contributed by atoms with van der Waals surface area (Å²) in [5.74, 6) is 0.623. The molecule has 1 atom stereocenters. The normalized spacial score (nSPS) is 14.6. The molecule has 0 fully saturated rings. The zero-order chi connectivity index (χ0) is 20.3. The average molecular weight is 405 g/mol. The molecule has 0 aliphatic carbocycles. The molecule has 3 rings (SSSR count). The first-order chi connectivity index (χ1) is 13.3. The van der Waals surface area contributed by atoms with E-state index in [9.17, 15) is 13.2 Å². The van der Waals surface area contributed by atoms with Gasteiger partial charge < -0.3 is 14.2 Å². The molecule has 2 aromatic rings. The SMILES string of the molecule is COC(=O)c1cccc(S(=O)(=O)N[C@@H](c2ccc3c(c2)OCCO3)C(C)C)c1. The van der Waals surface area contributed by atoms with Crippen molar-refractivity contribution in [1.82, 2.24) is 4.72 Å². The third-order valence-corrected chi connectivity index (χ3v) is 5.88. The topological polar surface area (TPSA) is 90.9 Å². The van der Waals surface area contributed by atoms with E-state index < -0.39 is 22.0 Å². The summed E-state index contributed by atoms with van der Waals surface area (Å²) in [6.07, 6.45) is 0. The molecule has 1 aliphatic rings. The molecular formula is C20H23NO6S. The van der Waals surface area contributed by atoms with Gasteiger partial charge in [-0.25, -0.2) is 17.9 Å². The Kier molecular flexibility index (Phi) is 5.90. The van der Waals surface area contributed by atoms with E-state index in [0.717, 1.165) is 5.56 Å². The average Bonchev–Trinajstić information content (AvgIpc) is 2.71. The maximum absolute atomic E-state index is 13.0. The second kappa shape index (κ2) is 8.20. The Morgan fingerprint density at radius 1 is 1.07 bits per heavy atom. The third-order valence-electron chi connectivity index (χ3n) is 4.44. The van der Waals surface area contributed by atoms with E-state index in [-0.39, 0.29) is 16.4 Å². The Morgan fingerprint density at radius 2 is 1.79 bits per heavy atom. The number of ether oxygens (including phenoxy) is 3. The molecule has 0 saturated heterocycles. The quantitative estimate of drug-likeness (QED) is 0.743. The second-order valence-corrected chi connectivity index (χ2v) is 8.48. The number of rotatable bonds is 6. The molecule has 0 spiro atoms. The van der Waals surface area contributed by atoms with Crippen molar-refractivity contribution in [3.05, 3.63) is 53.6 Å². The number of nitrogens with one attached hydrogen (secondary N) is 1. The summed E-state index contributed by atoms with van der Waals surface area (Å²) in [6, 6.07) is 10.7. The predicted molar refractivity (Wildman–Crippen MR) is 103 cm³/mol. The molecule has 1 heterocycles. The van der Waals surface area contributed by atoms with Crippen molar-refractivity contribution in [3.8, 4) is 11.5 Å². The number of hydrogen-bond donors (Lipinski definition) is 1. The second-order valence-electron chi connectivity index (χ2n) is 6.77. The van der Waals surface area contributed by atoms with Crippen LogP contribution in [0.15, 0.2) is 47.4 Å². The summed E-state index contributed by atoms with van der Waals surface area (Å²) in [4.78, 5) is 11.7. The highest BCUT2D eigenvalue weighted by molar-refractivity contribution is 7.89. The number of carbonyl (C=O) groups is 1. The van der Waals surface area contributed by atoms with Crippen LogP contribution in [0, 0.1) is 5.92 Å². The van der Waals surface area contributed by atoms with Gasteiger partial charge in [0.05, 0.1) is 17.6 Å². The fourth-order valence-electron chi connectivity index (χ4n) is 2.99. The summed E-state index contributed by atoms with van der Waals surface area (Å²) in [5, 5.41) is 0. The number of carbonyl (C=O) groups excluding carboxylic acids is 1. The minimum atomic E-state index is -3.87. The lowest BCUT2D eigenvalue weighted by molar-refractivity contribution is 0.0600.